The van der Waals surface area contributed by atoms with Crippen molar-refractivity contribution < 1.29 is 23.9 Å². The molecule has 0 aliphatic carbocycles. The summed E-state index contributed by atoms with van der Waals surface area (Å²) in [5, 5.41) is 5.00. The number of ether oxygens (including phenoxy) is 1. The third-order valence-electron chi connectivity index (χ3n) is 5.45. The quantitative estimate of drug-likeness (QED) is 0.630. The summed E-state index contributed by atoms with van der Waals surface area (Å²) >= 11 is 0. The van der Waals surface area contributed by atoms with E-state index in [4.69, 9.17) is 4.74 Å². The molecule has 2 saturated heterocycles. The van der Waals surface area contributed by atoms with Crippen LogP contribution in [0.15, 0.2) is 24.3 Å². The number of hydrogen-bond donors (Lipinski definition) is 2. The summed E-state index contributed by atoms with van der Waals surface area (Å²) in [5.41, 5.74) is 1.24. The Balaban J connectivity index is 1.39. The third kappa shape index (κ3) is 7.10. The number of nitrogens with zero attached hydrogens (tertiary/aromatic N) is 3. The van der Waals surface area contributed by atoms with Crippen LogP contribution in [0.4, 0.5) is 21.0 Å². The van der Waals surface area contributed by atoms with Crippen molar-refractivity contribution in [1.82, 2.24) is 15.5 Å². The van der Waals surface area contributed by atoms with Gasteiger partial charge in [-0.3, -0.25) is 19.8 Å². The number of piperazine rings is 1. The molecule has 10 nitrogen and oxygen atoms in total. The Labute approximate surface area is 194 Å². The minimum absolute atomic E-state index is 0.0849. The summed E-state index contributed by atoms with van der Waals surface area (Å²) in [7, 11) is 0. The average molecular weight is 460 g/mol. The van der Waals surface area contributed by atoms with Crippen LogP contribution >= 0.6 is 0 Å². The molecule has 10 heteroatoms. The molecule has 1 aromatic carbocycles. The number of anilines is 2. The second-order valence-corrected chi connectivity index (χ2v) is 9.17. The normalized spacial score (nSPS) is 17.0. The smallest absolute Gasteiger partial charge is 0.407 e. The maximum atomic E-state index is 12.5. The van der Waals surface area contributed by atoms with E-state index >= 15 is 0 Å². The molecule has 1 aromatic rings. The molecule has 2 aliphatic heterocycles. The van der Waals surface area contributed by atoms with Gasteiger partial charge in [-0.2, -0.15) is 0 Å². The van der Waals surface area contributed by atoms with Gasteiger partial charge < -0.3 is 19.9 Å². The minimum atomic E-state index is -0.539. The molecule has 0 atom stereocenters. The lowest BCUT2D eigenvalue weighted by molar-refractivity contribution is -0.131. The van der Waals surface area contributed by atoms with Crippen LogP contribution < -0.4 is 20.4 Å². The van der Waals surface area contributed by atoms with E-state index in [-0.39, 0.29) is 11.8 Å². The van der Waals surface area contributed by atoms with Gasteiger partial charge in [0.05, 0.1) is 0 Å². The molecule has 180 valence electrons. The van der Waals surface area contributed by atoms with E-state index in [0.717, 1.165) is 24.5 Å². The number of hydrogen-bond acceptors (Lipinski definition) is 6. The number of nitrogens with one attached hydrogen (secondary N) is 2. The third-order valence-corrected chi connectivity index (χ3v) is 5.45. The lowest BCUT2D eigenvalue weighted by atomic mass is 10.2. The largest absolute Gasteiger partial charge is 0.444 e. The zero-order valence-electron chi connectivity index (χ0n) is 19.6. The van der Waals surface area contributed by atoms with Crippen molar-refractivity contribution in [3.8, 4) is 0 Å². The van der Waals surface area contributed by atoms with Crippen LogP contribution in [-0.2, 0) is 14.3 Å². The number of carbonyl (C=O) groups excluding carboxylic acids is 4. The van der Waals surface area contributed by atoms with Gasteiger partial charge in [0.2, 0.25) is 11.8 Å². The predicted octanol–water partition coefficient (Wildman–Crippen LogP) is 2.09. The molecule has 2 N–H and O–H groups in total. The van der Waals surface area contributed by atoms with Gasteiger partial charge >= 0.3 is 12.1 Å². The SMILES string of the molecule is CC(C)(C)OC(=O)NCCCC(=O)N1CCN(c2ccc(N3CCC(=O)NC3=O)cc2)CC1. The van der Waals surface area contributed by atoms with Crippen LogP contribution in [-0.4, -0.2) is 73.7 Å². The van der Waals surface area contributed by atoms with Crippen LogP contribution in [0.25, 0.3) is 0 Å². The van der Waals surface area contributed by atoms with Crippen molar-refractivity contribution >= 4 is 35.3 Å². The van der Waals surface area contributed by atoms with Gasteiger partial charge in [0.1, 0.15) is 5.60 Å². The second-order valence-electron chi connectivity index (χ2n) is 9.17. The van der Waals surface area contributed by atoms with Gasteiger partial charge in [-0.15, -0.1) is 0 Å². The van der Waals surface area contributed by atoms with Crippen LogP contribution in [0.5, 0.6) is 0 Å². The van der Waals surface area contributed by atoms with E-state index in [1.165, 1.54) is 0 Å². The van der Waals surface area contributed by atoms with Gasteiger partial charge in [0.15, 0.2) is 0 Å². The molecule has 0 aromatic heterocycles. The lowest BCUT2D eigenvalue weighted by Gasteiger charge is -2.36. The van der Waals surface area contributed by atoms with E-state index in [0.29, 0.717) is 45.4 Å². The lowest BCUT2D eigenvalue weighted by Crippen LogP contribution is -2.49. The van der Waals surface area contributed by atoms with Crippen LogP contribution in [0.1, 0.15) is 40.0 Å². The fourth-order valence-electron chi connectivity index (χ4n) is 3.77. The number of amides is 5. The van der Waals surface area contributed by atoms with Crippen molar-refractivity contribution in [2.45, 2.75) is 45.6 Å². The molecule has 2 aliphatic rings. The maximum Gasteiger partial charge on any atom is 0.407 e. The number of carbonyl (C=O) groups is 4. The highest BCUT2D eigenvalue weighted by molar-refractivity contribution is 6.05. The Hall–Kier alpha value is -3.30. The summed E-state index contributed by atoms with van der Waals surface area (Å²) in [4.78, 5) is 53.1. The van der Waals surface area contributed by atoms with Crippen molar-refractivity contribution in [2.24, 2.45) is 0 Å². The van der Waals surface area contributed by atoms with Crippen molar-refractivity contribution in [2.75, 3.05) is 49.1 Å². The first-order valence-electron chi connectivity index (χ1n) is 11.3. The second kappa shape index (κ2) is 10.5. The Kier molecular flexibility index (Phi) is 7.78. The molecule has 3 rings (SSSR count). The first-order chi connectivity index (χ1) is 15.6. The van der Waals surface area contributed by atoms with Gasteiger partial charge in [0.25, 0.3) is 0 Å². The van der Waals surface area contributed by atoms with Crippen LogP contribution in [0, 0.1) is 0 Å². The number of benzene rings is 1. The molecule has 5 amide bonds. The van der Waals surface area contributed by atoms with E-state index in [9.17, 15) is 19.2 Å². The molecule has 0 radical (unpaired) electrons. The summed E-state index contributed by atoms with van der Waals surface area (Å²) in [6.45, 7) is 8.91. The predicted molar refractivity (Wildman–Crippen MR) is 124 cm³/mol. The van der Waals surface area contributed by atoms with Gasteiger partial charge in [-0.05, 0) is 51.5 Å². The number of alkyl carbamates (subject to hydrolysis) is 1. The fraction of sp³-hybridized carbons (Fsp3) is 0.565. The molecule has 0 spiro atoms. The first-order valence-corrected chi connectivity index (χ1v) is 11.3. The monoisotopic (exact) mass is 459 g/mol. The Morgan fingerprint density at radius 3 is 2.24 bits per heavy atom. The highest BCUT2D eigenvalue weighted by Crippen LogP contribution is 2.23. The van der Waals surface area contributed by atoms with Crippen molar-refractivity contribution in [1.29, 1.82) is 0 Å². The molecule has 33 heavy (non-hydrogen) atoms. The topological polar surface area (TPSA) is 111 Å². The van der Waals surface area contributed by atoms with Crippen LogP contribution in [0.2, 0.25) is 0 Å². The summed E-state index contributed by atoms with van der Waals surface area (Å²) < 4.78 is 5.18. The molecule has 2 heterocycles. The Bertz CT molecular complexity index is 872. The number of imide groups is 1. The molecule has 0 bridgehead atoms. The van der Waals surface area contributed by atoms with Crippen LogP contribution in [0.3, 0.4) is 0 Å². The highest BCUT2D eigenvalue weighted by atomic mass is 16.6. The fourth-order valence-corrected chi connectivity index (χ4v) is 3.77. The number of urea groups is 1. The van der Waals surface area contributed by atoms with Gasteiger partial charge in [-0.25, -0.2) is 9.59 Å². The van der Waals surface area contributed by atoms with E-state index in [2.05, 4.69) is 15.5 Å². The maximum absolute atomic E-state index is 12.5. The first kappa shape index (κ1) is 24.3. The van der Waals surface area contributed by atoms with E-state index in [1.807, 2.05) is 29.2 Å². The Morgan fingerprint density at radius 2 is 1.64 bits per heavy atom. The zero-order chi connectivity index (χ0) is 24.0. The zero-order valence-corrected chi connectivity index (χ0v) is 19.6. The number of rotatable bonds is 6. The summed E-state index contributed by atoms with van der Waals surface area (Å²) in [6, 6.07) is 7.27. The van der Waals surface area contributed by atoms with E-state index in [1.54, 1.807) is 25.7 Å². The molecular formula is C23H33N5O5. The molecule has 2 fully saturated rings. The summed E-state index contributed by atoms with van der Waals surface area (Å²) in [6.07, 6.45) is 0.768. The average Bonchev–Trinajstić information content (AvgIpc) is 2.76. The van der Waals surface area contributed by atoms with Crippen molar-refractivity contribution in [3.63, 3.8) is 0 Å². The van der Waals surface area contributed by atoms with Gasteiger partial charge in [-0.1, -0.05) is 0 Å². The van der Waals surface area contributed by atoms with Gasteiger partial charge in [0, 0.05) is 63.5 Å². The summed E-state index contributed by atoms with van der Waals surface area (Å²) in [5.74, 6) is -0.166. The molecule has 0 unspecified atom stereocenters. The minimum Gasteiger partial charge on any atom is -0.444 e. The highest BCUT2D eigenvalue weighted by Gasteiger charge is 2.25. The standard InChI is InChI=1S/C23H33N5O5/c1-23(2,3)33-22(32)24-11-4-5-20(30)27-15-13-26(14-16-27)17-6-8-18(9-7-17)28-12-10-19(29)25-21(28)31/h6-9H,4-5,10-16H2,1-3H3,(H,24,32)(H,25,29,31). The van der Waals surface area contributed by atoms with E-state index < -0.39 is 17.7 Å². The van der Waals surface area contributed by atoms with Crippen molar-refractivity contribution in [3.05, 3.63) is 24.3 Å². The Morgan fingerprint density at radius 1 is 1.00 bits per heavy atom. The molecular weight excluding hydrogens is 426 g/mol. The molecule has 0 saturated carbocycles.